The molecule has 0 aliphatic carbocycles. The highest BCUT2D eigenvalue weighted by molar-refractivity contribution is 8.16. The average molecular weight is 468 g/mol. The van der Waals surface area contributed by atoms with Gasteiger partial charge < -0.3 is 19.3 Å². The van der Waals surface area contributed by atoms with Crippen molar-refractivity contribution in [2.45, 2.75) is 33.2 Å². The Morgan fingerprint density at radius 2 is 2.03 bits per heavy atom. The number of fused-ring (bicyclic) bond motifs is 1. The Hall–Kier alpha value is -2.84. The van der Waals surface area contributed by atoms with Gasteiger partial charge in [0, 0.05) is 18.8 Å². The first kappa shape index (κ1) is 23.3. The molecule has 1 fully saturated rings. The number of ether oxygens (including phenoxy) is 2. The number of aliphatic imine (C=N–C) groups is 1. The summed E-state index contributed by atoms with van der Waals surface area (Å²) in [6, 6.07) is 5.78. The molecule has 8 heteroatoms. The second kappa shape index (κ2) is 9.97. The van der Waals surface area contributed by atoms with Gasteiger partial charge in [-0.2, -0.15) is 0 Å². The van der Waals surface area contributed by atoms with Crippen LogP contribution in [-0.4, -0.2) is 59.8 Å². The molecule has 0 N–H and O–H groups in total. The predicted octanol–water partition coefficient (Wildman–Crippen LogP) is 3.86. The van der Waals surface area contributed by atoms with Crippen LogP contribution in [0.1, 0.15) is 36.1 Å². The van der Waals surface area contributed by atoms with E-state index in [0.717, 1.165) is 27.6 Å². The molecule has 1 unspecified atom stereocenters. The van der Waals surface area contributed by atoms with E-state index in [1.807, 2.05) is 42.0 Å². The Labute approximate surface area is 198 Å². The molecule has 1 saturated heterocycles. The quantitative estimate of drug-likeness (QED) is 0.467. The first-order valence-electron chi connectivity index (χ1n) is 11.1. The maximum Gasteiger partial charge on any atom is 0.338 e. The largest absolute Gasteiger partial charge is 0.458 e. The number of amidine groups is 1. The van der Waals surface area contributed by atoms with E-state index in [-0.39, 0.29) is 18.9 Å². The topological polar surface area (TPSA) is 71.4 Å². The van der Waals surface area contributed by atoms with E-state index in [2.05, 4.69) is 18.7 Å². The van der Waals surface area contributed by atoms with Gasteiger partial charge in [0.2, 0.25) is 5.91 Å². The zero-order chi connectivity index (χ0) is 23.5. The fourth-order valence-electron chi connectivity index (χ4n) is 4.35. The van der Waals surface area contributed by atoms with E-state index < -0.39 is 12.0 Å². The number of allylic oxidation sites excluding steroid dienone is 1. The number of hydrogen-bond donors (Lipinski definition) is 0. The number of hydrogen-bond acceptors (Lipinski definition) is 7. The lowest BCUT2D eigenvalue weighted by Crippen LogP contribution is -2.42. The molecule has 3 aliphatic rings. The van der Waals surface area contributed by atoms with Crippen molar-refractivity contribution in [2.24, 2.45) is 4.99 Å². The summed E-state index contributed by atoms with van der Waals surface area (Å²) in [5.41, 5.74) is 5.15. The number of aryl methyl sites for hydroxylation is 2. The first-order valence-corrected chi connectivity index (χ1v) is 11.9. The average Bonchev–Trinajstić information content (AvgIpc) is 3.19. The minimum absolute atomic E-state index is 0.0489. The van der Waals surface area contributed by atoms with Gasteiger partial charge in [0.1, 0.15) is 6.61 Å². The lowest BCUT2D eigenvalue weighted by atomic mass is 9.90. The highest BCUT2D eigenvalue weighted by atomic mass is 32.2. The van der Waals surface area contributed by atoms with E-state index in [1.54, 1.807) is 6.08 Å². The molecule has 0 bridgehead atoms. The molecule has 1 aromatic carbocycles. The van der Waals surface area contributed by atoms with Crippen LogP contribution in [-0.2, 0) is 19.1 Å². The van der Waals surface area contributed by atoms with Crippen LogP contribution in [0.25, 0.3) is 0 Å². The van der Waals surface area contributed by atoms with Crippen molar-refractivity contribution in [1.82, 2.24) is 9.80 Å². The Kier molecular flexibility index (Phi) is 7.05. The molecule has 4 rings (SSSR count). The Balaban J connectivity index is 1.72. The zero-order valence-electron chi connectivity index (χ0n) is 19.3. The van der Waals surface area contributed by atoms with Crippen LogP contribution in [0.3, 0.4) is 0 Å². The normalized spacial score (nSPS) is 20.3. The van der Waals surface area contributed by atoms with Crippen molar-refractivity contribution >= 4 is 28.8 Å². The maximum atomic E-state index is 13.2. The SMILES string of the molecule is C=CCOC(=O)C1=C(C)N=C2SC=C(CC(=O)N3CCOCC3)N2C1c1ccc(C)cc1C. The van der Waals surface area contributed by atoms with E-state index >= 15 is 0 Å². The van der Waals surface area contributed by atoms with Crippen LogP contribution in [0.4, 0.5) is 0 Å². The summed E-state index contributed by atoms with van der Waals surface area (Å²) < 4.78 is 10.8. The Morgan fingerprint density at radius 3 is 2.73 bits per heavy atom. The van der Waals surface area contributed by atoms with E-state index in [0.29, 0.717) is 37.6 Å². The fraction of sp³-hybridized carbons (Fsp3) is 0.400. The predicted molar refractivity (Wildman–Crippen MR) is 129 cm³/mol. The lowest BCUT2D eigenvalue weighted by Gasteiger charge is -2.37. The molecule has 0 radical (unpaired) electrons. The number of nitrogens with zero attached hydrogens (tertiary/aromatic N) is 3. The number of amides is 1. The van der Waals surface area contributed by atoms with Crippen molar-refractivity contribution in [3.05, 3.63) is 69.9 Å². The molecule has 0 aromatic heterocycles. The number of carbonyl (C=O) groups is 2. The molecule has 0 spiro atoms. The molecular weight excluding hydrogens is 438 g/mol. The van der Waals surface area contributed by atoms with Gasteiger partial charge in [-0.05, 0) is 37.3 Å². The molecule has 0 saturated carbocycles. The Bertz CT molecular complexity index is 1070. The number of esters is 1. The molecule has 1 atom stereocenters. The number of carbonyl (C=O) groups excluding carboxylic acids is 2. The molecule has 1 amide bonds. The van der Waals surface area contributed by atoms with Crippen LogP contribution in [0.15, 0.2) is 58.2 Å². The summed E-state index contributed by atoms with van der Waals surface area (Å²) in [4.78, 5) is 34.8. The molecule has 3 heterocycles. The molecule has 3 aliphatic heterocycles. The Morgan fingerprint density at radius 1 is 1.27 bits per heavy atom. The third-order valence-corrected chi connectivity index (χ3v) is 6.86. The van der Waals surface area contributed by atoms with Crippen LogP contribution < -0.4 is 0 Å². The number of benzene rings is 1. The zero-order valence-corrected chi connectivity index (χ0v) is 20.1. The van der Waals surface area contributed by atoms with E-state index in [1.165, 1.54) is 11.8 Å². The van der Waals surface area contributed by atoms with E-state index in [4.69, 9.17) is 14.5 Å². The van der Waals surface area contributed by atoms with Crippen molar-refractivity contribution < 1.29 is 19.1 Å². The van der Waals surface area contributed by atoms with Gasteiger partial charge in [0.15, 0.2) is 5.17 Å². The van der Waals surface area contributed by atoms with Gasteiger partial charge in [-0.3, -0.25) is 4.79 Å². The number of thioether (sulfide) groups is 1. The van der Waals surface area contributed by atoms with Crippen LogP contribution in [0.2, 0.25) is 0 Å². The van der Waals surface area contributed by atoms with Crippen LogP contribution >= 0.6 is 11.8 Å². The lowest BCUT2D eigenvalue weighted by molar-refractivity contribution is -0.138. The molecule has 1 aromatic rings. The summed E-state index contributed by atoms with van der Waals surface area (Å²) in [5.74, 6) is -0.372. The van der Waals surface area contributed by atoms with Gasteiger partial charge in [-0.1, -0.05) is 48.2 Å². The third-order valence-electron chi connectivity index (χ3n) is 5.97. The van der Waals surface area contributed by atoms with Gasteiger partial charge >= 0.3 is 5.97 Å². The van der Waals surface area contributed by atoms with Crippen molar-refractivity contribution in [3.8, 4) is 0 Å². The van der Waals surface area contributed by atoms with E-state index in [9.17, 15) is 9.59 Å². The second-order valence-electron chi connectivity index (χ2n) is 8.31. The number of morpholine rings is 1. The summed E-state index contributed by atoms with van der Waals surface area (Å²) in [6.07, 6.45) is 1.79. The third kappa shape index (κ3) is 4.77. The standard InChI is InChI=1S/C25H29N3O4S/c1-5-10-32-24(30)22-18(4)26-25-28(23(22)20-7-6-16(2)13-17(20)3)19(15-33-25)14-21(29)27-8-11-31-12-9-27/h5-7,13,15,23H,1,8-12,14H2,2-4H3. The summed E-state index contributed by atoms with van der Waals surface area (Å²) in [7, 11) is 0. The smallest absolute Gasteiger partial charge is 0.338 e. The van der Waals surface area contributed by atoms with Crippen LogP contribution in [0, 0.1) is 13.8 Å². The molecule has 174 valence electrons. The van der Waals surface area contributed by atoms with Gasteiger partial charge in [-0.15, -0.1) is 0 Å². The summed E-state index contributed by atoms with van der Waals surface area (Å²) in [5, 5.41) is 2.74. The monoisotopic (exact) mass is 467 g/mol. The van der Waals surface area contributed by atoms with Crippen molar-refractivity contribution in [3.63, 3.8) is 0 Å². The van der Waals surface area contributed by atoms with Gasteiger partial charge in [0.25, 0.3) is 0 Å². The summed E-state index contributed by atoms with van der Waals surface area (Å²) in [6.45, 7) is 12.0. The van der Waals surface area contributed by atoms with Crippen molar-refractivity contribution in [2.75, 3.05) is 32.9 Å². The minimum atomic E-state index is -0.422. The minimum Gasteiger partial charge on any atom is -0.458 e. The molecule has 7 nitrogen and oxygen atoms in total. The molecular formula is C25H29N3O4S. The fourth-order valence-corrected chi connectivity index (χ4v) is 5.31. The second-order valence-corrected chi connectivity index (χ2v) is 9.15. The maximum absolute atomic E-state index is 13.2. The summed E-state index contributed by atoms with van der Waals surface area (Å²) >= 11 is 1.48. The van der Waals surface area contributed by atoms with Gasteiger partial charge in [0.05, 0.1) is 36.9 Å². The van der Waals surface area contributed by atoms with Crippen LogP contribution in [0.5, 0.6) is 0 Å². The highest BCUT2D eigenvalue weighted by Crippen LogP contribution is 2.45. The van der Waals surface area contributed by atoms with Crippen molar-refractivity contribution in [1.29, 1.82) is 0 Å². The number of rotatable bonds is 6. The highest BCUT2D eigenvalue weighted by Gasteiger charge is 2.42. The first-order chi connectivity index (χ1) is 15.9. The molecule has 33 heavy (non-hydrogen) atoms. The van der Waals surface area contributed by atoms with Gasteiger partial charge in [-0.25, -0.2) is 9.79 Å².